The number of amides is 2. The van der Waals surface area contributed by atoms with E-state index in [4.69, 9.17) is 9.15 Å². The highest BCUT2D eigenvalue weighted by Gasteiger charge is 2.26. The van der Waals surface area contributed by atoms with E-state index in [0.717, 1.165) is 0 Å². The summed E-state index contributed by atoms with van der Waals surface area (Å²) in [5.41, 5.74) is 1.78. The van der Waals surface area contributed by atoms with Crippen molar-refractivity contribution in [2.75, 3.05) is 33.3 Å². The van der Waals surface area contributed by atoms with Crippen molar-refractivity contribution in [1.29, 1.82) is 0 Å². The monoisotopic (exact) mass is 415 g/mol. The van der Waals surface area contributed by atoms with Crippen LogP contribution in [-0.4, -0.2) is 59.9 Å². The fourth-order valence-corrected chi connectivity index (χ4v) is 3.36. The Morgan fingerprint density at radius 3 is 2.39 bits per heavy atom. The summed E-state index contributed by atoms with van der Waals surface area (Å²) in [5, 5.41) is 0. The Hall–Kier alpha value is -4.05. The topological polar surface area (TPSA) is 75.9 Å². The summed E-state index contributed by atoms with van der Waals surface area (Å²) in [6.45, 7) is 1.81. The van der Waals surface area contributed by atoms with Crippen molar-refractivity contribution < 1.29 is 18.7 Å². The minimum atomic E-state index is -0.159. The van der Waals surface area contributed by atoms with Gasteiger partial charge in [-0.3, -0.25) is 9.59 Å². The van der Waals surface area contributed by atoms with Crippen LogP contribution in [0.3, 0.4) is 0 Å². The van der Waals surface area contributed by atoms with Crippen LogP contribution < -0.4 is 4.74 Å². The zero-order chi connectivity index (χ0) is 21.6. The number of aromatic nitrogens is 1. The summed E-state index contributed by atoms with van der Waals surface area (Å²) in [4.78, 5) is 33.1. The van der Waals surface area contributed by atoms with Crippen LogP contribution >= 0.6 is 0 Å². The highest BCUT2D eigenvalue weighted by atomic mass is 16.5. The second kappa shape index (κ2) is 9.18. The molecule has 7 heteroatoms. The van der Waals surface area contributed by atoms with E-state index in [1.807, 2.05) is 18.2 Å². The predicted octanol–water partition coefficient (Wildman–Crippen LogP) is 2.68. The summed E-state index contributed by atoms with van der Waals surface area (Å²) in [5.74, 6) is 6.68. The molecule has 1 aliphatic rings. The summed E-state index contributed by atoms with van der Waals surface area (Å²) in [6, 6.07) is 14.0. The van der Waals surface area contributed by atoms with Crippen LogP contribution in [0, 0.1) is 11.8 Å². The number of hydrogen-bond acceptors (Lipinski definition) is 5. The Kier molecular flexibility index (Phi) is 5.99. The van der Waals surface area contributed by atoms with E-state index in [2.05, 4.69) is 16.8 Å². The molecule has 1 aromatic carbocycles. The standard InChI is InChI=1S/C24H21N3O4/c1-30-21-10-8-19(17-18(21)7-9-20-5-2-3-11-25-20)23(28)26-12-14-27(15-13-26)24(29)22-6-4-16-31-22/h2-6,8,10-11,16-17H,12-15H2,1H3. The largest absolute Gasteiger partial charge is 0.495 e. The molecule has 0 atom stereocenters. The number of ether oxygens (including phenoxy) is 1. The molecule has 31 heavy (non-hydrogen) atoms. The maximum absolute atomic E-state index is 13.0. The van der Waals surface area contributed by atoms with Gasteiger partial charge in [-0.25, -0.2) is 4.98 Å². The molecule has 1 saturated heterocycles. The van der Waals surface area contributed by atoms with Gasteiger partial charge < -0.3 is 19.0 Å². The number of furan rings is 1. The van der Waals surface area contributed by atoms with E-state index < -0.39 is 0 Å². The van der Waals surface area contributed by atoms with Gasteiger partial charge in [0, 0.05) is 37.9 Å². The first-order valence-corrected chi connectivity index (χ1v) is 9.89. The Bertz CT molecular complexity index is 1120. The Labute approximate surface area is 180 Å². The first-order valence-electron chi connectivity index (χ1n) is 9.89. The summed E-state index contributed by atoms with van der Waals surface area (Å²) >= 11 is 0. The number of hydrogen-bond donors (Lipinski definition) is 0. The van der Waals surface area contributed by atoms with Gasteiger partial charge in [-0.2, -0.15) is 0 Å². The lowest BCUT2D eigenvalue weighted by Gasteiger charge is -2.34. The first kappa shape index (κ1) is 20.2. The quantitative estimate of drug-likeness (QED) is 0.615. The Morgan fingerprint density at radius 2 is 1.74 bits per heavy atom. The van der Waals surface area contributed by atoms with E-state index in [0.29, 0.717) is 54.5 Å². The van der Waals surface area contributed by atoms with Gasteiger partial charge in [-0.15, -0.1) is 0 Å². The number of benzene rings is 1. The van der Waals surface area contributed by atoms with Crippen molar-refractivity contribution in [2.45, 2.75) is 0 Å². The zero-order valence-electron chi connectivity index (χ0n) is 17.1. The maximum atomic E-state index is 13.0. The van der Waals surface area contributed by atoms with Gasteiger partial charge >= 0.3 is 0 Å². The molecule has 1 aliphatic heterocycles. The highest BCUT2D eigenvalue weighted by molar-refractivity contribution is 5.95. The number of piperazine rings is 1. The normalized spacial score (nSPS) is 13.3. The second-order valence-electron chi connectivity index (χ2n) is 6.94. The highest BCUT2D eigenvalue weighted by Crippen LogP contribution is 2.21. The number of methoxy groups -OCH3 is 1. The molecule has 0 bridgehead atoms. The minimum absolute atomic E-state index is 0.103. The van der Waals surface area contributed by atoms with E-state index >= 15 is 0 Å². The molecule has 156 valence electrons. The van der Waals surface area contributed by atoms with Gasteiger partial charge in [-0.1, -0.05) is 12.0 Å². The van der Waals surface area contributed by atoms with E-state index in [-0.39, 0.29) is 11.8 Å². The molecular formula is C24H21N3O4. The van der Waals surface area contributed by atoms with Crippen LogP contribution in [0.25, 0.3) is 0 Å². The molecule has 0 aliphatic carbocycles. The third-order valence-electron chi connectivity index (χ3n) is 5.02. The van der Waals surface area contributed by atoms with Crippen LogP contribution in [0.4, 0.5) is 0 Å². The van der Waals surface area contributed by atoms with Gasteiger partial charge in [0.1, 0.15) is 11.4 Å². The van der Waals surface area contributed by atoms with Crippen LogP contribution in [0.1, 0.15) is 32.2 Å². The third-order valence-corrected chi connectivity index (χ3v) is 5.02. The number of carbonyl (C=O) groups excluding carboxylic acids is 2. The van der Waals surface area contributed by atoms with Crippen molar-refractivity contribution in [3.8, 4) is 17.6 Å². The third kappa shape index (κ3) is 4.59. The maximum Gasteiger partial charge on any atom is 0.289 e. The average molecular weight is 415 g/mol. The van der Waals surface area contributed by atoms with Crippen molar-refractivity contribution in [1.82, 2.24) is 14.8 Å². The molecule has 0 spiro atoms. The minimum Gasteiger partial charge on any atom is -0.495 e. The molecule has 3 heterocycles. The van der Waals surface area contributed by atoms with E-state index in [1.165, 1.54) is 6.26 Å². The van der Waals surface area contributed by atoms with E-state index in [1.54, 1.807) is 53.4 Å². The fourth-order valence-electron chi connectivity index (χ4n) is 3.36. The molecule has 2 aromatic heterocycles. The van der Waals surface area contributed by atoms with Crippen LogP contribution in [-0.2, 0) is 0 Å². The Balaban J connectivity index is 1.46. The van der Waals surface area contributed by atoms with Crippen molar-refractivity contribution in [3.63, 3.8) is 0 Å². The lowest BCUT2D eigenvalue weighted by atomic mass is 10.1. The van der Waals surface area contributed by atoms with Crippen molar-refractivity contribution in [3.05, 3.63) is 83.6 Å². The predicted molar refractivity (Wildman–Crippen MR) is 114 cm³/mol. The average Bonchev–Trinajstić information content (AvgIpc) is 3.37. The fraction of sp³-hybridized carbons (Fsp3) is 0.208. The van der Waals surface area contributed by atoms with Gasteiger partial charge in [0.25, 0.3) is 11.8 Å². The number of rotatable bonds is 3. The number of pyridine rings is 1. The van der Waals surface area contributed by atoms with Crippen LogP contribution in [0.15, 0.2) is 65.4 Å². The number of carbonyl (C=O) groups is 2. The Morgan fingerprint density at radius 1 is 0.968 bits per heavy atom. The van der Waals surface area contributed by atoms with Gasteiger partial charge in [0.2, 0.25) is 0 Å². The molecule has 0 N–H and O–H groups in total. The lowest BCUT2D eigenvalue weighted by Crippen LogP contribution is -2.50. The van der Waals surface area contributed by atoms with Crippen LogP contribution in [0.5, 0.6) is 5.75 Å². The zero-order valence-corrected chi connectivity index (χ0v) is 17.1. The summed E-state index contributed by atoms with van der Waals surface area (Å²) in [6.07, 6.45) is 3.16. The summed E-state index contributed by atoms with van der Waals surface area (Å²) < 4.78 is 10.6. The van der Waals surface area contributed by atoms with Gasteiger partial charge in [-0.05, 0) is 48.4 Å². The molecule has 2 amide bonds. The van der Waals surface area contributed by atoms with Crippen molar-refractivity contribution in [2.24, 2.45) is 0 Å². The first-order chi connectivity index (χ1) is 15.2. The molecule has 3 aromatic rings. The second-order valence-corrected chi connectivity index (χ2v) is 6.94. The van der Waals surface area contributed by atoms with E-state index in [9.17, 15) is 9.59 Å². The molecule has 0 radical (unpaired) electrons. The molecule has 1 fully saturated rings. The SMILES string of the molecule is COc1ccc(C(=O)N2CCN(C(=O)c3ccco3)CC2)cc1C#Cc1ccccn1. The summed E-state index contributed by atoms with van der Waals surface area (Å²) in [7, 11) is 1.57. The molecule has 4 rings (SSSR count). The molecule has 0 unspecified atom stereocenters. The smallest absolute Gasteiger partial charge is 0.289 e. The van der Waals surface area contributed by atoms with Gasteiger partial charge in [0.05, 0.1) is 18.9 Å². The molecular weight excluding hydrogens is 394 g/mol. The van der Waals surface area contributed by atoms with Crippen LogP contribution in [0.2, 0.25) is 0 Å². The van der Waals surface area contributed by atoms with Crippen molar-refractivity contribution >= 4 is 11.8 Å². The lowest BCUT2D eigenvalue weighted by molar-refractivity contribution is 0.0518. The molecule has 0 saturated carbocycles. The van der Waals surface area contributed by atoms with Gasteiger partial charge in [0.15, 0.2) is 5.76 Å². The molecule has 7 nitrogen and oxygen atoms in total. The number of nitrogens with zero attached hydrogens (tertiary/aromatic N) is 3.